The summed E-state index contributed by atoms with van der Waals surface area (Å²) in [7, 11) is -3.95. The minimum atomic E-state index is -3.95. The van der Waals surface area contributed by atoms with E-state index >= 15 is 0 Å². The first-order valence-electron chi connectivity index (χ1n) is 11.1. The van der Waals surface area contributed by atoms with Crippen molar-refractivity contribution in [1.82, 2.24) is 4.90 Å². The molecule has 0 aromatic heterocycles. The van der Waals surface area contributed by atoms with Gasteiger partial charge in [-0.3, -0.25) is 0 Å². The van der Waals surface area contributed by atoms with E-state index in [1.54, 1.807) is 30.5 Å². The Morgan fingerprint density at radius 3 is 2.13 bits per heavy atom. The zero-order valence-corrected chi connectivity index (χ0v) is 19.5. The molecule has 1 aromatic rings. The van der Waals surface area contributed by atoms with Crippen LogP contribution in [-0.4, -0.2) is 39.0 Å². The first kappa shape index (κ1) is 26.0. The predicted molar refractivity (Wildman–Crippen MR) is 123 cm³/mol. The zero-order chi connectivity index (χ0) is 22.2. The van der Waals surface area contributed by atoms with Crippen molar-refractivity contribution in [2.24, 2.45) is 0 Å². The minimum absolute atomic E-state index is 0.0837. The summed E-state index contributed by atoms with van der Waals surface area (Å²) in [4.78, 5) is 14.4. The van der Waals surface area contributed by atoms with Gasteiger partial charge in [-0.25, -0.2) is 13.2 Å². The second kappa shape index (κ2) is 14.8. The summed E-state index contributed by atoms with van der Waals surface area (Å²) in [5.41, 5.74) is 0. The van der Waals surface area contributed by atoms with Gasteiger partial charge in [-0.05, 0) is 50.8 Å². The number of allylic oxidation sites excluding steroid dienone is 2. The number of benzene rings is 1. The lowest BCUT2D eigenvalue weighted by atomic mass is 10.1. The summed E-state index contributed by atoms with van der Waals surface area (Å²) >= 11 is 0. The number of unbranched alkanes of at least 4 members (excludes halogenated alkanes) is 6. The molecule has 0 N–H and O–H groups in total. The van der Waals surface area contributed by atoms with Crippen molar-refractivity contribution in [3.05, 3.63) is 53.6 Å². The molecule has 0 radical (unpaired) electrons. The number of sulfone groups is 1. The van der Waals surface area contributed by atoms with Crippen molar-refractivity contribution in [1.29, 1.82) is 0 Å². The van der Waals surface area contributed by atoms with Crippen molar-refractivity contribution >= 4 is 15.8 Å². The van der Waals surface area contributed by atoms with E-state index in [2.05, 4.69) is 6.92 Å². The number of hydrogen-bond acceptors (Lipinski definition) is 5. The van der Waals surface area contributed by atoms with Gasteiger partial charge in [0.25, 0.3) is 0 Å². The van der Waals surface area contributed by atoms with Crippen LogP contribution in [0.4, 0.5) is 0 Å². The fraction of sp³-hybridized carbons (Fsp3) is 0.542. The molecule has 0 aliphatic heterocycles. The monoisotopic (exact) mass is 435 g/mol. The predicted octanol–water partition coefficient (Wildman–Crippen LogP) is 5.49. The molecule has 0 amide bonds. The van der Waals surface area contributed by atoms with Gasteiger partial charge in [0.2, 0.25) is 9.84 Å². The van der Waals surface area contributed by atoms with Crippen LogP contribution in [-0.2, 0) is 19.4 Å². The Hall–Kier alpha value is -2.08. The number of esters is 1. The van der Waals surface area contributed by atoms with Crippen molar-refractivity contribution in [2.75, 3.05) is 19.7 Å². The van der Waals surface area contributed by atoms with Gasteiger partial charge < -0.3 is 9.64 Å². The minimum Gasteiger partial charge on any atom is -0.462 e. The van der Waals surface area contributed by atoms with E-state index in [-0.39, 0.29) is 16.4 Å². The molecule has 168 valence electrons. The summed E-state index contributed by atoms with van der Waals surface area (Å²) in [5, 5.41) is 0. The van der Waals surface area contributed by atoms with Crippen LogP contribution in [0.1, 0.15) is 65.7 Å². The molecular weight excluding hydrogens is 398 g/mol. The van der Waals surface area contributed by atoms with Crippen molar-refractivity contribution in [3.63, 3.8) is 0 Å². The smallest absolute Gasteiger partial charge is 0.350 e. The SMILES string of the molecule is CCCCCCCCCOC(=O)C(=CC=CN(CC)CC)S(=O)(=O)c1ccccc1. The molecule has 0 fully saturated rings. The van der Waals surface area contributed by atoms with Gasteiger partial charge in [0.1, 0.15) is 0 Å². The highest BCUT2D eigenvalue weighted by molar-refractivity contribution is 7.96. The molecule has 5 nitrogen and oxygen atoms in total. The summed E-state index contributed by atoms with van der Waals surface area (Å²) in [5.74, 6) is -0.797. The van der Waals surface area contributed by atoms with Crippen LogP contribution in [0.15, 0.2) is 58.5 Å². The fourth-order valence-corrected chi connectivity index (χ4v) is 4.28. The molecule has 0 aliphatic rings. The maximum absolute atomic E-state index is 13.0. The average molecular weight is 436 g/mol. The molecule has 0 bridgehead atoms. The van der Waals surface area contributed by atoms with Gasteiger partial charge >= 0.3 is 5.97 Å². The summed E-state index contributed by atoms with van der Waals surface area (Å²) in [6.45, 7) is 8.03. The molecule has 0 aliphatic carbocycles. The van der Waals surface area contributed by atoms with Crippen LogP contribution in [0.2, 0.25) is 0 Å². The van der Waals surface area contributed by atoms with Gasteiger partial charge in [0, 0.05) is 13.1 Å². The van der Waals surface area contributed by atoms with Crippen LogP contribution < -0.4 is 0 Å². The normalized spacial score (nSPS) is 12.3. The Bertz CT molecular complexity index is 766. The van der Waals surface area contributed by atoms with E-state index in [0.717, 1.165) is 32.4 Å². The fourth-order valence-electron chi connectivity index (χ4n) is 2.98. The van der Waals surface area contributed by atoms with Crippen LogP contribution in [0.5, 0.6) is 0 Å². The summed E-state index contributed by atoms with van der Waals surface area (Å²) < 4.78 is 31.3. The maximum Gasteiger partial charge on any atom is 0.350 e. The maximum atomic E-state index is 13.0. The molecule has 0 saturated heterocycles. The van der Waals surface area contributed by atoms with Crippen molar-refractivity contribution in [2.45, 2.75) is 70.6 Å². The van der Waals surface area contributed by atoms with Gasteiger partial charge in [0.15, 0.2) is 4.91 Å². The van der Waals surface area contributed by atoms with E-state index in [0.29, 0.717) is 0 Å². The molecule has 0 atom stereocenters. The number of nitrogens with zero attached hydrogens (tertiary/aromatic N) is 1. The van der Waals surface area contributed by atoms with E-state index in [9.17, 15) is 13.2 Å². The van der Waals surface area contributed by atoms with Gasteiger partial charge in [-0.1, -0.05) is 63.6 Å². The van der Waals surface area contributed by atoms with Crippen LogP contribution >= 0.6 is 0 Å². The van der Waals surface area contributed by atoms with Crippen LogP contribution in [0.25, 0.3) is 0 Å². The number of ether oxygens (including phenoxy) is 1. The Kier molecular flexibility index (Phi) is 12.8. The third kappa shape index (κ3) is 9.16. The summed E-state index contributed by atoms with van der Waals surface area (Å²) in [6.07, 6.45) is 12.4. The molecule has 30 heavy (non-hydrogen) atoms. The van der Waals surface area contributed by atoms with E-state index < -0.39 is 15.8 Å². The zero-order valence-electron chi connectivity index (χ0n) is 18.7. The second-order valence-corrected chi connectivity index (χ2v) is 9.09. The lowest BCUT2D eigenvalue weighted by molar-refractivity contribution is -0.138. The first-order valence-corrected chi connectivity index (χ1v) is 12.5. The molecule has 1 rings (SSSR count). The Morgan fingerprint density at radius 1 is 0.933 bits per heavy atom. The van der Waals surface area contributed by atoms with E-state index in [1.165, 1.54) is 43.9 Å². The molecule has 1 aromatic carbocycles. The quantitative estimate of drug-likeness (QED) is 0.158. The average Bonchev–Trinajstić information content (AvgIpc) is 2.76. The van der Waals surface area contributed by atoms with Crippen molar-refractivity contribution < 1.29 is 17.9 Å². The lowest BCUT2D eigenvalue weighted by Crippen LogP contribution is -2.18. The molecular formula is C24H37NO4S. The summed E-state index contributed by atoms with van der Waals surface area (Å²) in [6, 6.07) is 7.99. The molecule has 0 spiro atoms. The molecule has 0 heterocycles. The lowest BCUT2D eigenvalue weighted by Gasteiger charge is -2.14. The highest BCUT2D eigenvalue weighted by atomic mass is 32.2. The van der Waals surface area contributed by atoms with Crippen LogP contribution in [0.3, 0.4) is 0 Å². The van der Waals surface area contributed by atoms with Crippen molar-refractivity contribution in [3.8, 4) is 0 Å². The second-order valence-electron chi connectivity index (χ2n) is 7.17. The topological polar surface area (TPSA) is 63.7 Å². The largest absolute Gasteiger partial charge is 0.462 e. The Balaban J connectivity index is 2.82. The Morgan fingerprint density at radius 2 is 1.53 bits per heavy atom. The Labute approximate surface area is 182 Å². The third-order valence-electron chi connectivity index (χ3n) is 4.88. The highest BCUT2D eigenvalue weighted by Gasteiger charge is 2.27. The molecule has 0 saturated carbocycles. The standard InChI is InChI=1S/C24H37NO4S/c1-4-7-8-9-10-11-15-21-29-24(26)23(19-16-20-25(5-2)6-3)30(27,28)22-17-13-12-14-18-22/h12-14,16-20H,4-11,15,21H2,1-3H3. The number of hydrogen-bond donors (Lipinski definition) is 0. The molecule has 0 unspecified atom stereocenters. The van der Waals surface area contributed by atoms with Gasteiger partial charge in [0.05, 0.1) is 11.5 Å². The first-order chi connectivity index (χ1) is 14.5. The van der Waals surface area contributed by atoms with E-state index in [4.69, 9.17) is 4.74 Å². The molecule has 6 heteroatoms. The van der Waals surface area contributed by atoms with Crippen LogP contribution in [0, 0.1) is 0 Å². The number of rotatable bonds is 15. The highest BCUT2D eigenvalue weighted by Crippen LogP contribution is 2.21. The number of carbonyl (C=O) groups is 1. The van der Waals surface area contributed by atoms with Gasteiger partial charge in [-0.2, -0.15) is 0 Å². The van der Waals surface area contributed by atoms with E-state index in [1.807, 2.05) is 18.7 Å². The number of carbonyl (C=O) groups excluding carboxylic acids is 1. The van der Waals surface area contributed by atoms with Gasteiger partial charge in [-0.15, -0.1) is 0 Å². The third-order valence-corrected chi connectivity index (χ3v) is 6.66.